The summed E-state index contributed by atoms with van der Waals surface area (Å²) in [7, 11) is 2.99. The molecule has 0 spiro atoms. The number of rotatable bonds is 7. The highest BCUT2D eigenvalue weighted by atomic mass is 32.1. The molecule has 0 bridgehead atoms. The molecule has 1 aliphatic rings. The van der Waals surface area contributed by atoms with Crippen molar-refractivity contribution in [3.63, 3.8) is 0 Å². The molecule has 0 aliphatic carbocycles. The molecule has 0 amide bonds. The number of esters is 1. The van der Waals surface area contributed by atoms with Crippen LogP contribution in [0.15, 0.2) is 63.5 Å². The van der Waals surface area contributed by atoms with Gasteiger partial charge in [0.15, 0.2) is 4.80 Å². The molecule has 186 valence electrons. The molecular formula is C25H23N3O7S. The number of methoxy groups -OCH3 is 2. The SMILES string of the molecule is CCOC(=O)C1=C(C)N=c2s/c(=C/c3cc([N+](=O)[O-])ccc3OC)c(=O)n2[C@H]1c1ccc(OC)cc1. The maximum atomic E-state index is 13.7. The number of benzene rings is 2. The van der Waals surface area contributed by atoms with Crippen LogP contribution < -0.4 is 24.4 Å². The minimum Gasteiger partial charge on any atom is -0.497 e. The Hall–Kier alpha value is -4.25. The monoisotopic (exact) mass is 509 g/mol. The zero-order valence-electron chi connectivity index (χ0n) is 20.0. The first-order valence-corrected chi connectivity index (χ1v) is 11.8. The first-order valence-electron chi connectivity index (χ1n) is 10.9. The Bertz CT molecular complexity index is 1550. The van der Waals surface area contributed by atoms with Gasteiger partial charge in [-0.05, 0) is 43.7 Å². The van der Waals surface area contributed by atoms with E-state index in [2.05, 4.69) is 4.99 Å². The number of fused-ring (bicyclic) bond motifs is 1. The third-order valence-electron chi connectivity index (χ3n) is 5.66. The Morgan fingerprint density at radius 1 is 1.19 bits per heavy atom. The van der Waals surface area contributed by atoms with E-state index in [-0.39, 0.29) is 22.4 Å². The van der Waals surface area contributed by atoms with Gasteiger partial charge in [0, 0.05) is 17.7 Å². The van der Waals surface area contributed by atoms with Gasteiger partial charge in [-0.2, -0.15) is 0 Å². The van der Waals surface area contributed by atoms with E-state index >= 15 is 0 Å². The van der Waals surface area contributed by atoms with Crippen molar-refractivity contribution >= 4 is 29.1 Å². The van der Waals surface area contributed by atoms with E-state index in [1.54, 1.807) is 45.2 Å². The molecular weight excluding hydrogens is 486 g/mol. The highest BCUT2D eigenvalue weighted by Gasteiger charge is 2.33. The fourth-order valence-corrected chi connectivity index (χ4v) is 5.02. The third-order valence-corrected chi connectivity index (χ3v) is 6.64. The quantitative estimate of drug-likeness (QED) is 0.273. The van der Waals surface area contributed by atoms with Crippen LogP contribution >= 0.6 is 11.3 Å². The maximum Gasteiger partial charge on any atom is 0.338 e. The highest BCUT2D eigenvalue weighted by Crippen LogP contribution is 2.31. The van der Waals surface area contributed by atoms with Crippen LogP contribution in [0.2, 0.25) is 0 Å². The van der Waals surface area contributed by atoms with Gasteiger partial charge in [-0.25, -0.2) is 9.79 Å². The molecule has 0 saturated carbocycles. The number of thiazole rings is 1. The van der Waals surface area contributed by atoms with Crippen LogP contribution in [-0.4, -0.2) is 36.3 Å². The molecule has 1 aliphatic heterocycles. The van der Waals surface area contributed by atoms with Crippen LogP contribution in [0, 0.1) is 10.1 Å². The number of ether oxygens (including phenoxy) is 3. The van der Waals surface area contributed by atoms with Gasteiger partial charge in [0.2, 0.25) is 0 Å². The van der Waals surface area contributed by atoms with Gasteiger partial charge >= 0.3 is 5.97 Å². The second kappa shape index (κ2) is 10.2. The van der Waals surface area contributed by atoms with Crippen LogP contribution in [-0.2, 0) is 9.53 Å². The van der Waals surface area contributed by atoms with Crippen molar-refractivity contribution in [3.8, 4) is 11.5 Å². The number of non-ortho nitro benzene ring substituents is 1. The second-order valence-corrected chi connectivity index (χ2v) is 8.77. The maximum absolute atomic E-state index is 13.7. The normalized spacial score (nSPS) is 15.2. The number of carbonyl (C=O) groups excluding carboxylic acids is 1. The van der Waals surface area contributed by atoms with Crippen molar-refractivity contribution in [1.82, 2.24) is 4.57 Å². The van der Waals surface area contributed by atoms with E-state index in [9.17, 15) is 19.7 Å². The molecule has 3 aromatic rings. The van der Waals surface area contributed by atoms with Crippen LogP contribution in [0.4, 0.5) is 5.69 Å². The summed E-state index contributed by atoms with van der Waals surface area (Å²) in [6.45, 7) is 3.57. The fourth-order valence-electron chi connectivity index (χ4n) is 3.98. The van der Waals surface area contributed by atoms with Gasteiger partial charge in [-0.1, -0.05) is 23.5 Å². The molecule has 0 radical (unpaired) electrons. The average Bonchev–Trinajstić information content (AvgIpc) is 3.17. The Morgan fingerprint density at radius 2 is 1.92 bits per heavy atom. The van der Waals surface area contributed by atoms with E-state index in [0.29, 0.717) is 33.1 Å². The summed E-state index contributed by atoms with van der Waals surface area (Å²) < 4.78 is 17.6. The van der Waals surface area contributed by atoms with Gasteiger partial charge in [0.1, 0.15) is 11.5 Å². The highest BCUT2D eigenvalue weighted by molar-refractivity contribution is 7.07. The summed E-state index contributed by atoms with van der Waals surface area (Å²) in [4.78, 5) is 42.3. The summed E-state index contributed by atoms with van der Waals surface area (Å²) in [5, 5.41) is 11.3. The minimum atomic E-state index is -0.777. The Morgan fingerprint density at radius 3 is 2.53 bits per heavy atom. The van der Waals surface area contributed by atoms with Crippen molar-refractivity contribution in [2.24, 2.45) is 4.99 Å². The van der Waals surface area contributed by atoms with Crippen LogP contribution in [0.1, 0.15) is 31.0 Å². The largest absolute Gasteiger partial charge is 0.497 e. The lowest BCUT2D eigenvalue weighted by Crippen LogP contribution is -2.39. The lowest BCUT2D eigenvalue weighted by molar-refractivity contribution is -0.384. The Kier molecular flexibility index (Phi) is 7.02. The van der Waals surface area contributed by atoms with Gasteiger partial charge in [-0.3, -0.25) is 19.5 Å². The van der Waals surface area contributed by atoms with Crippen molar-refractivity contribution in [2.75, 3.05) is 20.8 Å². The summed E-state index contributed by atoms with van der Waals surface area (Å²) in [6, 6.07) is 10.4. The molecule has 2 aromatic carbocycles. The van der Waals surface area contributed by atoms with Crippen LogP contribution in [0.25, 0.3) is 6.08 Å². The first kappa shape index (κ1) is 24.9. The van der Waals surface area contributed by atoms with Gasteiger partial charge in [0.05, 0.1) is 47.6 Å². The van der Waals surface area contributed by atoms with Crippen LogP contribution in [0.5, 0.6) is 11.5 Å². The predicted molar refractivity (Wildman–Crippen MR) is 133 cm³/mol. The topological polar surface area (TPSA) is 122 Å². The third kappa shape index (κ3) is 4.52. The van der Waals surface area contributed by atoms with E-state index in [1.807, 2.05) is 0 Å². The molecule has 2 heterocycles. The van der Waals surface area contributed by atoms with Crippen molar-refractivity contribution in [2.45, 2.75) is 19.9 Å². The first-order chi connectivity index (χ1) is 17.3. The lowest BCUT2D eigenvalue weighted by atomic mass is 9.96. The molecule has 0 fully saturated rings. The molecule has 4 rings (SSSR count). The number of hydrogen-bond donors (Lipinski definition) is 0. The van der Waals surface area contributed by atoms with Gasteiger partial charge in [0.25, 0.3) is 11.2 Å². The molecule has 11 heteroatoms. The summed E-state index contributed by atoms with van der Waals surface area (Å²) in [5.41, 5.74) is 1.21. The average molecular weight is 510 g/mol. The zero-order chi connectivity index (χ0) is 26.0. The molecule has 0 N–H and O–H groups in total. The van der Waals surface area contributed by atoms with E-state index in [4.69, 9.17) is 14.2 Å². The number of nitro groups is 1. The molecule has 1 aromatic heterocycles. The van der Waals surface area contributed by atoms with Crippen molar-refractivity contribution < 1.29 is 23.9 Å². The van der Waals surface area contributed by atoms with E-state index in [0.717, 1.165) is 11.3 Å². The van der Waals surface area contributed by atoms with Gasteiger partial charge < -0.3 is 14.2 Å². The number of aromatic nitrogens is 1. The smallest absolute Gasteiger partial charge is 0.338 e. The molecule has 1 atom stereocenters. The van der Waals surface area contributed by atoms with Crippen LogP contribution in [0.3, 0.4) is 0 Å². The van der Waals surface area contributed by atoms with E-state index < -0.39 is 22.5 Å². The standard InChI is InChI=1S/C25H23N3O7S/c1-5-35-24(30)21-14(2)26-25-27(22(21)15-6-9-18(33-3)10-7-15)23(29)20(36-25)13-16-12-17(28(31)32)8-11-19(16)34-4/h6-13,22H,5H2,1-4H3/b20-13+/t22-/m0/s1. The lowest BCUT2D eigenvalue weighted by Gasteiger charge is -2.24. The number of nitro benzene ring substituents is 1. The zero-order valence-corrected chi connectivity index (χ0v) is 20.8. The molecule has 0 unspecified atom stereocenters. The number of hydrogen-bond acceptors (Lipinski definition) is 9. The van der Waals surface area contributed by atoms with Gasteiger partial charge in [-0.15, -0.1) is 0 Å². The molecule has 0 saturated heterocycles. The summed E-state index contributed by atoms with van der Waals surface area (Å²) in [6.07, 6.45) is 1.53. The summed E-state index contributed by atoms with van der Waals surface area (Å²) in [5.74, 6) is 0.443. The summed E-state index contributed by atoms with van der Waals surface area (Å²) >= 11 is 1.12. The minimum absolute atomic E-state index is 0.133. The Labute approximate surface area is 209 Å². The molecule has 10 nitrogen and oxygen atoms in total. The fraction of sp³-hybridized carbons (Fsp3) is 0.240. The number of nitrogens with zero attached hydrogens (tertiary/aromatic N) is 3. The molecule has 36 heavy (non-hydrogen) atoms. The van der Waals surface area contributed by atoms with E-state index in [1.165, 1.54) is 36.0 Å². The second-order valence-electron chi connectivity index (χ2n) is 7.76. The number of carbonyl (C=O) groups is 1. The van der Waals surface area contributed by atoms with Crippen molar-refractivity contribution in [1.29, 1.82) is 0 Å². The van der Waals surface area contributed by atoms with Crippen molar-refractivity contribution in [3.05, 3.63) is 94.7 Å². The number of allylic oxidation sites excluding steroid dienone is 1. The Balaban J connectivity index is 1.96. The predicted octanol–water partition coefficient (Wildman–Crippen LogP) is 2.72.